The molecule has 1 saturated carbocycles. The van der Waals surface area contributed by atoms with Gasteiger partial charge in [-0.2, -0.15) is 0 Å². The van der Waals surface area contributed by atoms with Crippen molar-refractivity contribution in [1.82, 2.24) is 10.2 Å². The number of nitrogens with one attached hydrogen (secondary N) is 1. The van der Waals surface area contributed by atoms with Crippen LogP contribution in [-0.4, -0.2) is 39.2 Å². The van der Waals surface area contributed by atoms with Crippen LogP contribution in [0.15, 0.2) is 22.8 Å². The molecule has 23 heavy (non-hydrogen) atoms. The Labute approximate surface area is 140 Å². The summed E-state index contributed by atoms with van der Waals surface area (Å²) in [6, 6.07) is 3.78. The fourth-order valence-electron chi connectivity index (χ4n) is 3.60. The average Bonchev–Trinajstić information content (AvgIpc) is 2.90. The lowest BCUT2D eigenvalue weighted by Gasteiger charge is -2.40. The van der Waals surface area contributed by atoms with Crippen LogP contribution in [0, 0.1) is 0 Å². The molecule has 2 aliphatic rings. The zero-order valence-electron chi connectivity index (χ0n) is 13.8. The summed E-state index contributed by atoms with van der Waals surface area (Å²) in [6.07, 6.45) is 10.6. The van der Waals surface area contributed by atoms with Gasteiger partial charge in [-0.25, -0.2) is 4.79 Å². The van der Waals surface area contributed by atoms with E-state index in [0.29, 0.717) is 6.54 Å². The van der Waals surface area contributed by atoms with Crippen molar-refractivity contribution >= 4 is 16.8 Å². The average molecular weight is 338 g/mol. The van der Waals surface area contributed by atoms with Crippen molar-refractivity contribution < 1.29 is 13.4 Å². The van der Waals surface area contributed by atoms with E-state index in [1.807, 2.05) is 17.0 Å². The molecule has 0 radical (unpaired) electrons. The lowest BCUT2D eigenvalue weighted by atomic mass is 9.84. The van der Waals surface area contributed by atoms with Gasteiger partial charge in [-0.15, -0.1) is 0 Å². The van der Waals surface area contributed by atoms with Crippen LogP contribution in [0.4, 0.5) is 4.79 Å². The van der Waals surface area contributed by atoms with Gasteiger partial charge in [0.05, 0.1) is 17.1 Å². The smallest absolute Gasteiger partial charge is 0.318 e. The summed E-state index contributed by atoms with van der Waals surface area (Å²) < 4.78 is 17.3. The maximum Gasteiger partial charge on any atom is 0.318 e. The molecule has 1 aliphatic heterocycles. The first-order valence-corrected chi connectivity index (χ1v) is 10.1. The minimum atomic E-state index is -0.897. The Morgan fingerprint density at radius 2 is 2.22 bits per heavy atom. The fourth-order valence-corrected chi connectivity index (χ4v) is 4.74. The highest BCUT2D eigenvalue weighted by Gasteiger charge is 2.41. The lowest BCUT2D eigenvalue weighted by Crippen LogP contribution is -2.53. The molecule has 2 amide bonds. The first-order chi connectivity index (χ1) is 11.1. The minimum Gasteiger partial charge on any atom is -0.467 e. The SMILES string of the molecule is CS(=O)C1(CNC(=O)N2CCCCCC2c2ccco2)CCC1. The molecule has 6 heteroatoms. The van der Waals surface area contributed by atoms with E-state index in [2.05, 4.69) is 5.32 Å². The molecule has 0 spiro atoms. The Bertz CT molecular complexity index is 554. The molecular formula is C17H26N2O3S. The number of rotatable bonds is 4. The molecule has 5 nitrogen and oxygen atoms in total. The Balaban J connectivity index is 1.67. The third-order valence-electron chi connectivity index (χ3n) is 5.32. The molecule has 1 aromatic rings. The van der Waals surface area contributed by atoms with Crippen LogP contribution in [0.2, 0.25) is 0 Å². The predicted octanol–water partition coefficient (Wildman–Crippen LogP) is 3.21. The summed E-state index contributed by atoms with van der Waals surface area (Å²) in [7, 11) is -0.897. The Morgan fingerprint density at radius 3 is 2.83 bits per heavy atom. The fraction of sp³-hybridized carbons (Fsp3) is 0.706. The van der Waals surface area contributed by atoms with Gasteiger partial charge in [-0.1, -0.05) is 19.3 Å². The largest absolute Gasteiger partial charge is 0.467 e. The molecular weight excluding hydrogens is 312 g/mol. The molecule has 3 rings (SSSR count). The normalized spacial score (nSPS) is 25.3. The zero-order valence-corrected chi connectivity index (χ0v) is 14.6. The summed E-state index contributed by atoms with van der Waals surface area (Å²) in [5, 5.41) is 3.05. The van der Waals surface area contributed by atoms with E-state index in [-0.39, 0.29) is 16.8 Å². The van der Waals surface area contributed by atoms with E-state index in [0.717, 1.165) is 57.3 Å². The lowest BCUT2D eigenvalue weighted by molar-refractivity contribution is 0.163. The molecule has 0 bridgehead atoms. The van der Waals surface area contributed by atoms with Gasteiger partial charge < -0.3 is 14.6 Å². The Morgan fingerprint density at radius 1 is 1.39 bits per heavy atom. The number of hydrogen-bond acceptors (Lipinski definition) is 3. The molecule has 1 saturated heterocycles. The van der Waals surface area contributed by atoms with Crippen LogP contribution in [0.1, 0.15) is 56.7 Å². The number of nitrogens with zero attached hydrogens (tertiary/aromatic N) is 1. The third-order valence-corrected chi connectivity index (χ3v) is 7.09. The minimum absolute atomic E-state index is 0.0111. The number of carbonyl (C=O) groups is 1. The summed E-state index contributed by atoms with van der Waals surface area (Å²) in [5.41, 5.74) is 0. The molecule has 2 unspecified atom stereocenters. The van der Waals surface area contributed by atoms with E-state index in [4.69, 9.17) is 4.42 Å². The number of carbonyl (C=O) groups excluding carboxylic acids is 1. The van der Waals surface area contributed by atoms with Crippen LogP contribution >= 0.6 is 0 Å². The highest BCUT2D eigenvalue weighted by molar-refractivity contribution is 7.85. The van der Waals surface area contributed by atoms with Gasteiger partial charge in [0, 0.05) is 30.1 Å². The molecule has 1 N–H and O–H groups in total. The van der Waals surface area contributed by atoms with Gasteiger partial charge in [0.1, 0.15) is 5.76 Å². The Hall–Kier alpha value is -1.30. The summed E-state index contributed by atoms with van der Waals surface area (Å²) >= 11 is 0. The molecule has 2 heterocycles. The number of amides is 2. The first kappa shape index (κ1) is 16.6. The first-order valence-electron chi connectivity index (χ1n) is 8.54. The van der Waals surface area contributed by atoms with E-state index >= 15 is 0 Å². The quantitative estimate of drug-likeness (QED) is 0.917. The second-order valence-corrected chi connectivity index (χ2v) is 8.50. The number of urea groups is 1. The van der Waals surface area contributed by atoms with Crippen molar-refractivity contribution in [1.29, 1.82) is 0 Å². The van der Waals surface area contributed by atoms with E-state index < -0.39 is 10.8 Å². The van der Waals surface area contributed by atoms with E-state index in [1.54, 1.807) is 12.5 Å². The van der Waals surface area contributed by atoms with Crippen LogP contribution < -0.4 is 5.32 Å². The highest BCUT2D eigenvalue weighted by atomic mass is 32.2. The van der Waals surface area contributed by atoms with E-state index in [1.165, 1.54) is 0 Å². The molecule has 0 aromatic carbocycles. The Kier molecular flexibility index (Phi) is 5.09. The van der Waals surface area contributed by atoms with Crippen molar-refractivity contribution in [2.24, 2.45) is 0 Å². The molecule has 2 atom stereocenters. The predicted molar refractivity (Wildman–Crippen MR) is 90.7 cm³/mol. The van der Waals surface area contributed by atoms with Crippen LogP contribution in [0.25, 0.3) is 0 Å². The van der Waals surface area contributed by atoms with Crippen LogP contribution in [0.5, 0.6) is 0 Å². The second kappa shape index (κ2) is 7.07. The maximum absolute atomic E-state index is 12.7. The third kappa shape index (κ3) is 3.47. The van der Waals surface area contributed by atoms with Gasteiger partial charge in [-0.3, -0.25) is 4.21 Å². The van der Waals surface area contributed by atoms with Crippen molar-refractivity contribution in [2.45, 2.75) is 55.7 Å². The molecule has 1 aliphatic carbocycles. The van der Waals surface area contributed by atoms with Crippen molar-refractivity contribution in [3.05, 3.63) is 24.2 Å². The van der Waals surface area contributed by atoms with Crippen molar-refractivity contribution in [3.63, 3.8) is 0 Å². The highest BCUT2D eigenvalue weighted by Crippen LogP contribution is 2.36. The van der Waals surface area contributed by atoms with E-state index in [9.17, 15) is 9.00 Å². The molecule has 2 fully saturated rings. The monoisotopic (exact) mass is 338 g/mol. The van der Waals surface area contributed by atoms with Gasteiger partial charge in [0.15, 0.2) is 0 Å². The van der Waals surface area contributed by atoms with Crippen molar-refractivity contribution in [3.8, 4) is 0 Å². The standard InChI is InChI=1S/C17H26N2O3S/c1-23(21)17(9-6-10-17)13-18-16(20)19-11-4-2-3-7-14(19)15-8-5-12-22-15/h5,8,12,14H,2-4,6-7,9-11,13H2,1H3,(H,18,20). The zero-order chi connectivity index (χ0) is 16.3. The second-order valence-electron chi connectivity index (χ2n) is 6.72. The van der Waals surface area contributed by atoms with Crippen LogP contribution in [-0.2, 0) is 10.8 Å². The van der Waals surface area contributed by atoms with Gasteiger partial charge in [0.25, 0.3) is 0 Å². The summed E-state index contributed by atoms with van der Waals surface area (Å²) in [4.78, 5) is 14.6. The number of furan rings is 1. The molecule has 1 aromatic heterocycles. The topological polar surface area (TPSA) is 62.6 Å². The maximum atomic E-state index is 12.7. The number of hydrogen-bond donors (Lipinski definition) is 1. The molecule has 128 valence electrons. The van der Waals surface area contributed by atoms with Crippen molar-refractivity contribution in [2.75, 3.05) is 19.3 Å². The number of likely N-dealkylation sites (tertiary alicyclic amines) is 1. The van der Waals surface area contributed by atoms with Gasteiger partial charge in [0.2, 0.25) is 0 Å². The summed E-state index contributed by atoms with van der Waals surface area (Å²) in [6.45, 7) is 1.26. The van der Waals surface area contributed by atoms with Gasteiger partial charge in [-0.05, 0) is 37.8 Å². The van der Waals surface area contributed by atoms with Crippen LogP contribution in [0.3, 0.4) is 0 Å². The van der Waals surface area contributed by atoms with Gasteiger partial charge >= 0.3 is 6.03 Å². The summed E-state index contributed by atoms with van der Waals surface area (Å²) in [5.74, 6) is 0.861.